The Morgan fingerprint density at radius 2 is 1.54 bits per heavy atom. The van der Waals surface area contributed by atoms with Crippen molar-refractivity contribution in [3.05, 3.63) is 29.8 Å². The number of hydrogen-bond donors (Lipinski definition) is 7. The number of aliphatic hydroxyl groups excluding tert-OH is 1. The lowest BCUT2D eigenvalue weighted by Gasteiger charge is -2.44. The Hall–Kier alpha value is -5.44. The number of phenols is 1. The number of nitrogens with two attached hydrogens (primary N) is 1. The molecule has 0 aromatic heterocycles. The second kappa shape index (κ2) is 25.6. The average Bonchev–Trinajstić information content (AvgIpc) is 3.25. The van der Waals surface area contributed by atoms with Crippen molar-refractivity contribution in [3.8, 4) is 5.75 Å². The van der Waals surface area contributed by atoms with E-state index in [1.165, 1.54) is 32.4 Å². The SMILES string of the molecule is CCC(C)[C@@H]1NC(=O)[C@H](Cc2ccc(O)cc2)N(C)C(=O)[C@H](C(C)CC)N2C(=O)C(CC[C@@H]2O)NC(=O)[C@H](CC(C)C)NC(=O)[C@@H](NC(=O)[C@H](CCC(N)=O)CC(=O)CS(C)=O)[C@@H](C)OC1=O. The summed E-state index contributed by atoms with van der Waals surface area (Å²) >= 11 is 0. The van der Waals surface area contributed by atoms with Gasteiger partial charge in [-0.15, -0.1) is 0 Å². The molecule has 2 aliphatic rings. The zero-order chi connectivity index (χ0) is 50.4. The zero-order valence-electron chi connectivity index (χ0n) is 40.1. The number of nitrogens with zero attached hydrogens (tertiary/aromatic N) is 2. The Bertz CT molecular complexity index is 1980. The number of nitrogens with one attached hydrogen (secondary N) is 4. The van der Waals surface area contributed by atoms with E-state index in [0.717, 1.165) is 9.80 Å². The lowest BCUT2D eigenvalue weighted by molar-refractivity contribution is -0.168. The van der Waals surface area contributed by atoms with Gasteiger partial charge in [0.2, 0.25) is 41.4 Å². The number of hydrogen-bond acceptors (Lipinski definition) is 13. The Morgan fingerprint density at radius 1 is 0.910 bits per heavy atom. The number of likely N-dealkylation sites (N-methyl/N-ethyl adjacent to an activating group) is 1. The van der Waals surface area contributed by atoms with Crippen molar-refractivity contribution in [3.63, 3.8) is 0 Å². The van der Waals surface area contributed by atoms with Crippen molar-refractivity contribution in [1.82, 2.24) is 31.1 Å². The smallest absolute Gasteiger partial charge is 0.329 e. The molecule has 12 atom stereocenters. The Morgan fingerprint density at radius 3 is 2.10 bits per heavy atom. The fourth-order valence-corrected chi connectivity index (χ4v) is 8.77. The van der Waals surface area contributed by atoms with Crippen LogP contribution in [0.5, 0.6) is 5.75 Å². The summed E-state index contributed by atoms with van der Waals surface area (Å²) in [5.74, 6) is -10.5. The summed E-state index contributed by atoms with van der Waals surface area (Å²) in [6.07, 6.45) is -2.21. The quantitative estimate of drug-likeness (QED) is 0.104. The van der Waals surface area contributed by atoms with Crippen LogP contribution in [0.15, 0.2) is 24.3 Å². The van der Waals surface area contributed by atoms with E-state index in [4.69, 9.17) is 10.5 Å². The molecule has 1 aromatic rings. The van der Waals surface area contributed by atoms with E-state index in [1.807, 2.05) is 0 Å². The molecule has 0 saturated carbocycles. The Labute approximate surface area is 395 Å². The molecular weight excluding hydrogens is 891 g/mol. The number of Topliss-reactive ketones (excluding diaryl/α,β-unsaturated/α-hetero) is 1. The number of carbonyl (C=O) groups excluding carboxylic acids is 9. The number of amides is 7. The highest BCUT2D eigenvalue weighted by Gasteiger charge is 2.47. The Kier molecular flexibility index (Phi) is 21.4. The van der Waals surface area contributed by atoms with Gasteiger partial charge < -0.3 is 51.8 Å². The molecule has 2 heterocycles. The van der Waals surface area contributed by atoms with E-state index in [-0.39, 0.29) is 55.9 Å². The minimum Gasteiger partial charge on any atom is -0.508 e. The number of primary amides is 1. The largest absolute Gasteiger partial charge is 0.508 e. The second-order valence-corrected chi connectivity index (χ2v) is 19.8. The molecule has 21 heteroatoms. The highest BCUT2D eigenvalue weighted by molar-refractivity contribution is 7.85. The molecule has 2 aliphatic heterocycles. The number of cyclic esters (lactones) is 1. The number of carbonyl (C=O) groups is 9. The van der Waals surface area contributed by atoms with Crippen molar-refractivity contribution >= 4 is 63.9 Å². The molecule has 7 amide bonds. The third kappa shape index (κ3) is 15.8. The molecule has 0 spiro atoms. The number of aromatic hydroxyl groups is 1. The summed E-state index contributed by atoms with van der Waals surface area (Å²) < 4.78 is 17.8. The van der Waals surface area contributed by atoms with Crippen molar-refractivity contribution in [2.45, 2.75) is 155 Å². The first-order valence-corrected chi connectivity index (χ1v) is 24.7. The number of phenolic OH excluding ortho intramolecular Hbond substituents is 1. The molecule has 374 valence electrons. The van der Waals surface area contributed by atoms with E-state index in [2.05, 4.69) is 21.3 Å². The third-order valence-corrected chi connectivity index (χ3v) is 13.3. The molecule has 2 saturated heterocycles. The van der Waals surface area contributed by atoms with Gasteiger partial charge in [-0.25, -0.2) is 4.79 Å². The van der Waals surface area contributed by atoms with Crippen LogP contribution in [-0.4, -0.2) is 145 Å². The van der Waals surface area contributed by atoms with Crippen molar-refractivity contribution < 1.29 is 62.3 Å². The lowest BCUT2D eigenvalue weighted by Crippen LogP contribution is -2.66. The summed E-state index contributed by atoms with van der Waals surface area (Å²) in [4.78, 5) is 128. The predicted molar refractivity (Wildman–Crippen MR) is 246 cm³/mol. The molecule has 2 bridgehead atoms. The molecule has 20 nitrogen and oxygen atoms in total. The number of ether oxygens (including phenoxy) is 1. The van der Waals surface area contributed by atoms with Crippen LogP contribution in [0, 0.1) is 23.7 Å². The van der Waals surface area contributed by atoms with Crippen LogP contribution in [0.2, 0.25) is 0 Å². The number of piperidine rings is 1. The molecule has 3 rings (SSSR count). The minimum absolute atomic E-state index is 0.0207. The summed E-state index contributed by atoms with van der Waals surface area (Å²) in [6, 6.07) is -2.53. The molecule has 1 aromatic carbocycles. The molecule has 67 heavy (non-hydrogen) atoms. The standard InChI is InChI=1S/C46H71N7O13S/c1-10-25(5)37-46(64)66-27(7)38(51-40(58)29(14-18-35(47)56)22-31(55)23-67(9)65)43(61)49-33(20-24(3)4)41(59)48-32-17-19-36(57)53(44(32)62)39(26(6)11-2)45(63)52(8)34(42(60)50-37)21-28-12-15-30(54)16-13-28/h12-13,15-16,24-27,29,32-34,36-39,54,57H,10-11,14,17-23H2,1-9H3,(H2,47,56)(H,48,59)(H,49,61)(H,50,60)(H,51,58)/t25?,26?,27-,29-,32?,33+,34+,36+,37+,38+,39+,67?/m1/s1. The predicted octanol–water partition coefficient (Wildman–Crippen LogP) is 0.313. The number of ketones is 1. The number of esters is 1. The average molecular weight is 962 g/mol. The monoisotopic (exact) mass is 961 g/mol. The van der Waals surface area contributed by atoms with Gasteiger partial charge in [0.15, 0.2) is 0 Å². The van der Waals surface area contributed by atoms with Gasteiger partial charge in [0.05, 0.1) is 5.75 Å². The number of aliphatic hydroxyl groups is 1. The van der Waals surface area contributed by atoms with Gasteiger partial charge in [-0.05, 0) is 68.1 Å². The molecular formula is C46H71N7O13S. The van der Waals surface area contributed by atoms with Crippen molar-refractivity contribution in [1.29, 1.82) is 0 Å². The maximum Gasteiger partial charge on any atom is 0.329 e. The highest BCUT2D eigenvalue weighted by atomic mass is 32.2. The van der Waals surface area contributed by atoms with Crippen LogP contribution < -0.4 is 27.0 Å². The van der Waals surface area contributed by atoms with Gasteiger partial charge in [-0.1, -0.05) is 66.5 Å². The summed E-state index contributed by atoms with van der Waals surface area (Å²) in [7, 11) is -0.185. The van der Waals surface area contributed by atoms with Gasteiger partial charge in [0, 0.05) is 49.3 Å². The van der Waals surface area contributed by atoms with Crippen LogP contribution in [0.3, 0.4) is 0 Å². The van der Waals surface area contributed by atoms with Gasteiger partial charge in [-0.2, -0.15) is 0 Å². The fraction of sp³-hybridized carbons (Fsp3) is 0.674. The Balaban J connectivity index is 2.26. The minimum atomic E-state index is -1.76. The van der Waals surface area contributed by atoms with Gasteiger partial charge in [0.25, 0.3) is 0 Å². The maximum atomic E-state index is 14.9. The second-order valence-electron chi connectivity index (χ2n) is 18.4. The molecule has 4 unspecified atom stereocenters. The van der Waals surface area contributed by atoms with Gasteiger partial charge in [-0.3, -0.25) is 42.6 Å². The highest BCUT2D eigenvalue weighted by Crippen LogP contribution is 2.28. The topological polar surface area (TPSA) is 301 Å². The van der Waals surface area contributed by atoms with Crippen LogP contribution in [0.4, 0.5) is 0 Å². The molecule has 8 N–H and O–H groups in total. The van der Waals surface area contributed by atoms with Crippen LogP contribution in [-0.2, 0) is 65.1 Å². The molecule has 0 radical (unpaired) electrons. The number of benzene rings is 1. The summed E-state index contributed by atoms with van der Waals surface area (Å²) in [5, 5.41) is 32.1. The lowest BCUT2D eigenvalue weighted by atomic mass is 9.91. The van der Waals surface area contributed by atoms with Crippen LogP contribution in [0.25, 0.3) is 0 Å². The first-order chi connectivity index (χ1) is 31.4. The van der Waals surface area contributed by atoms with E-state index < -0.39 is 137 Å². The van der Waals surface area contributed by atoms with E-state index in [1.54, 1.807) is 53.7 Å². The van der Waals surface area contributed by atoms with Crippen LogP contribution in [0.1, 0.15) is 105 Å². The molecule has 0 aliphatic carbocycles. The first-order valence-electron chi connectivity index (χ1n) is 23.0. The van der Waals surface area contributed by atoms with Gasteiger partial charge >= 0.3 is 5.97 Å². The van der Waals surface area contributed by atoms with Crippen LogP contribution >= 0.6 is 0 Å². The number of rotatable bonds is 17. The van der Waals surface area contributed by atoms with E-state index >= 15 is 0 Å². The number of fused-ring (bicyclic) bond motifs is 2. The van der Waals surface area contributed by atoms with Crippen molar-refractivity contribution in [2.75, 3.05) is 19.1 Å². The molecule has 2 fully saturated rings. The zero-order valence-corrected chi connectivity index (χ0v) is 40.9. The third-order valence-electron chi connectivity index (χ3n) is 12.5. The normalized spacial score (nSPS) is 26.7. The fourth-order valence-electron chi connectivity index (χ4n) is 8.19. The van der Waals surface area contributed by atoms with Crippen molar-refractivity contribution in [2.24, 2.45) is 29.4 Å². The summed E-state index contributed by atoms with van der Waals surface area (Å²) in [6.45, 7) is 11.8. The first kappa shape index (κ1) is 55.9. The van der Waals surface area contributed by atoms with E-state index in [9.17, 15) is 57.6 Å². The maximum absolute atomic E-state index is 14.9. The summed E-state index contributed by atoms with van der Waals surface area (Å²) in [5.41, 5.74) is 5.89. The van der Waals surface area contributed by atoms with Gasteiger partial charge in [0.1, 0.15) is 60.1 Å². The van der Waals surface area contributed by atoms with E-state index in [0.29, 0.717) is 18.4 Å².